The average molecular weight is 285 g/mol. The molecule has 0 spiro atoms. The van der Waals surface area contributed by atoms with Crippen LogP contribution in [0, 0.1) is 0 Å². The molecule has 1 aliphatic heterocycles. The largest absolute Gasteiger partial charge is 0.497 e. The number of ketones is 1. The number of carbonyl (C=O) groups is 3. The molecule has 0 N–H and O–H groups in total. The molecule has 21 heavy (non-hydrogen) atoms. The Kier molecular flexibility index (Phi) is 3.06. The van der Waals surface area contributed by atoms with Crippen LogP contribution in [0.3, 0.4) is 0 Å². The minimum atomic E-state index is -0.623. The fourth-order valence-corrected chi connectivity index (χ4v) is 2.26. The molecule has 0 aliphatic carbocycles. The maximum Gasteiger partial charge on any atom is 0.299 e. The summed E-state index contributed by atoms with van der Waals surface area (Å²) in [5.74, 6) is -0.0332. The molecule has 6 nitrogen and oxygen atoms in total. The van der Waals surface area contributed by atoms with E-state index in [1.165, 1.54) is 18.1 Å². The molecule has 0 unspecified atom stereocenters. The number of anilines is 1. The lowest BCUT2D eigenvalue weighted by Crippen LogP contribution is -2.28. The SMILES string of the molecule is COc1ccc2c(c1)N(Cc1ccc(C=O)o1)C(=O)C2=O. The van der Waals surface area contributed by atoms with Gasteiger partial charge in [-0.2, -0.15) is 0 Å². The van der Waals surface area contributed by atoms with Gasteiger partial charge in [0, 0.05) is 6.07 Å². The van der Waals surface area contributed by atoms with Gasteiger partial charge < -0.3 is 9.15 Å². The molecule has 1 aromatic carbocycles. The average Bonchev–Trinajstić information content (AvgIpc) is 3.06. The number of Topliss-reactive ketones (excluding diaryl/α,β-unsaturated/α-hetero) is 1. The second-order valence-electron chi connectivity index (χ2n) is 4.53. The van der Waals surface area contributed by atoms with Crippen molar-refractivity contribution < 1.29 is 23.5 Å². The van der Waals surface area contributed by atoms with Crippen LogP contribution in [0.2, 0.25) is 0 Å². The number of methoxy groups -OCH3 is 1. The van der Waals surface area contributed by atoms with Gasteiger partial charge in [-0.25, -0.2) is 0 Å². The monoisotopic (exact) mass is 285 g/mol. The summed E-state index contributed by atoms with van der Waals surface area (Å²) in [6.45, 7) is 0.0819. The van der Waals surface area contributed by atoms with Gasteiger partial charge in [-0.3, -0.25) is 19.3 Å². The highest BCUT2D eigenvalue weighted by molar-refractivity contribution is 6.52. The number of nitrogens with zero attached hydrogens (tertiary/aromatic N) is 1. The maximum absolute atomic E-state index is 12.1. The van der Waals surface area contributed by atoms with Crippen LogP contribution in [0.1, 0.15) is 26.7 Å². The molecule has 3 rings (SSSR count). The quantitative estimate of drug-likeness (QED) is 0.632. The highest BCUT2D eigenvalue weighted by atomic mass is 16.5. The Bertz CT molecular complexity index is 746. The van der Waals surface area contributed by atoms with Crippen molar-refractivity contribution in [3.8, 4) is 5.75 Å². The van der Waals surface area contributed by atoms with Crippen molar-refractivity contribution in [3.05, 3.63) is 47.4 Å². The first kappa shape index (κ1) is 13.1. The van der Waals surface area contributed by atoms with Gasteiger partial charge in [-0.15, -0.1) is 0 Å². The summed E-state index contributed by atoms with van der Waals surface area (Å²) in [6, 6.07) is 7.93. The molecule has 0 fully saturated rings. The third-order valence-corrected chi connectivity index (χ3v) is 3.29. The molecule has 0 radical (unpaired) electrons. The molecule has 1 amide bonds. The molecular formula is C15H11NO5. The van der Waals surface area contributed by atoms with Crippen LogP contribution in [0.15, 0.2) is 34.7 Å². The first-order chi connectivity index (χ1) is 10.1. The third-order valence-electron chi connectivity index (χ3n) is 3.29. The number of furan rings is 1. The Morgan fingerprint density at radius 1 is 1.24 bits per heavy atom. The molecule has 1 aliphatic rings. The number of hydrogen-bond acceptors (Lipinski definition) is 5. The van der Waals surface area contributed by atoms with E-state index in [2.05, 4.69) is 0 Å². The summed E-state index contributed by atoms with van der Waals surface area (Å²) in [7, 11) is 1.51. The van der Waals surface area contributed by atoms with Crippen molar-refractivity contribution in [2.75, 3.05) is 12.0 Å². The van der Waals surface area contributed by atoms with E-state index < -0.39 is 11.7 Å². The molecule has 0 atom stereocenters. The number of ether oxygens (including phenoxy) is 1. The highest BCUT2D eigenvalue weighted by Crippen LogP contribution is 2.33. The predicted octanol–water partition coefficient (Wildman–Crippen LogP) is 1.83. The Hall–Kier alpha value is -2.89. The second kappa shape index (κ2) is 4.90. The van der Waals surface area contributed by atoms with E-state index in [1.54, 1.807) is 24.3 Å². The summed E-state index contributed by atoms with van der Waals surface area (Å²) in [4.78, 5) is 35.9. The smallest absolute Gasteiger partial charge is 0.299 e. The summed E-state index contributed by atoms with van der Waals surface area (Å²) in [5.41, 5.74) is 0.816. The minimum absolute atomic E-state index is 0.0819. The topological polar surface area (TPSA) is 76.8 Å². The number of hydrogen-bond donors (Lipinski definition) is 0. The van der Waals surface area contributed by atoms with E-state index in [-0.39, 0.29) is 12.3 Å². The maximum atomic E-state index is 12.1. The molecule has 2 heterocycles. The van der Waals surface area contributed by atoms with E-state index in [4.69, 9.17) is 9.15 Å². The molecule has 0 saturated heterocycles. The Morgan fingerprint density at radius 2 is 2.05 bits per heavy atom. The molecule has 106 valence electrons. The highest BCUT2D eigenvalue weighted by Gasteiger charge is 2.36. The Balaban J connectivity index is 1.97. The van der Waals surface area contributed by atoms with Gasteiger partial charge in [0.2, 0.25) is 0 Å². The lowest BCUT2D eigenvalue weighted by atomic mass is 10.1. The zero-order chi connectivity index (χ0) is 15.0. The second-order valence-corrected chi connectivity index (χ2v) is 4.53. The first-order valence-electron chi connectivity index (χ1n) is 6.22. The number of amides is 1. The van der Waals surface area contributed by atoms with Crippen molar-refractivity contribution >= 4 is 23.7 Å². The van der Waals surface area contributed by atoms with E-state index in [1.807, 2.05) is 0 Å². The summed E-state index contributed by atoms with van der Waals surface area (Å²) in [6.07, 6.45) is 0.581. The lowest BCUT2D eigenvalue weighted by Gasteiger charge is -2.15. The van der Waals surface area contributed by atoms with Crippen LogP contribution in [0.5, 0.6) is 5.75 Å². The van der Waals surface area contributed by atoms with Gasteiger partial charge in [0.05, 0.1) is 24.9 Å². The van der Waals surface area contributed by atoms with Crippen LogP contribution in [0.25, 0.3) is 0 Å². The van der Waals surface area contributed by atoms with Crippen LogP contribution in [-0.2, 0) is 11.3 Å². The fourth-order valence-electron chi connectivity index (χ4n) is 2.26. The number of benzene rings is 1. The molecule has 6 heteroatoms. The van der Waals surface area contributed by atoms with E-state index in [0.717, 1.165) is 0 Å². The Morgan fingerprint density at radius 3 is 2.71 bits per heavy atom. The fraction of sp³-hybridized carbons (Fsp3) is 0.133. The lowest BCUT2D eigenvalue weighted by molar-refractivity contribution is -0.114. The zero-order valence-electron chi connectivity index (χ0n) is 11.2. The predicted molar refractivity (Wildman–Crippen MR) is 72.6 cm³/mol. The van der Waals surface area contributed by atoms with Crippen molar-refractivity contribution in [3.63, 3.8) is 0 Å². The van der Waals surface area contributed by atoms with Gasteiger partial charge in [0.25, 0.3) is 11.7 Å². The summed E-state index contributed by atoms with van der Waals surface area (Å²) in [5, 5.41) is 0. The van der Waals surface area contributed by atoms with Gasteiger partial charge in [0.15, 0.2) is 12.0 Å². The summed E-state index contributed by atoms with van der Waals surface area (Å²) < 4.78 is 10.4. The molecule has 2 aromatic rings. The van der Waals surface area contributed by atoms with Crippen molar-refractivity contribution in [2.45, 2.75) is 6.54 Å². The van der Waals surface area contributed by atoms with Crippen LogP contribution < -0.4 is 9.64 Å². The molecular weight excluding hydrogens is 274 g/mol. The molecule has 1 aromatic heterocycles. The van der Waals surface area contributed by atoms with Gasteiger partial charge in [0.1, 0.15) is 11.5 Å². The van der Waals surface area contributed by atoms with Crippen LogP contribution >= 0.6 is 0 Å². The van der Waals surface area contributed by atoms with Gasteiger partial charge in [-0.1, -0.05) is 0 Å². The first-order valence-corrected chi connectivity index (χ1v) is 6.22. The zero-order valence-corrected chi connectivity index (χ0v) is 11.2. The number of fused-ring (bicyclic) bond motifs is 1. The number of rotatable bonds is 4. The Labute approximate surface area is 119 Å². The van der Waals surface area contributed by atoms with Crippen LogP contribution in [-0.4, -0.2) is 25.1 Å². The van der Waals surface area contributed by atoms with Crippen molar-refractivity contribution in [1.29, 1.82) is 0 Å². The van der Waals surface area contributed by atoms with Crippen molar-refractivity contribution in [2.24, 2.45) is 0 Å². The normalized spacial score (nSPS) is 13.5. The molecule has 0 saturated carbocycles. The van der Waals surface area contributed by atoms with Gasteiger partial charge in [-0.05, 0) is 24.3 Å². The molecule has 0 bridgehead atoms. The van der Waals surface area contributed by atoms with E-state index in [0.29, 0.717) is 29.0 Å². The minimum Gasteiger partial charge on any atom is -0.497 e. The van der Waals surface area contributed by atoms with Crippen molar-refractivity contribution in [1.82, 2.24) is 0 Å². The third kappa shape index (κ3) is 2.10. The summed E-state index contributed by atoms with van der Waals surface area (Å²) >= 11 is 0. The number of carbonyl (C=O) groups excluding carboxylic acids is 3. The number of aldehydes is 1. The van der Waals surface area contributed by atoms with Crippen LogP contribution in [0.4, 0.5) is 5.69 Å². The van der Waals surface area contributed by atoms with Gasteiger partial charge >= 0.3 is 0 Å². The van der Waals surface area contributed by atoms with E-state index >= 15 is 0 Å². The van der Waals surface area contributed by atoms with E-state index in [9.17, 15) is 14.4 Å². The standard InChI is InChI=1S/C15H11NO5/c1-20-9-4-5-12-13(6-9)16(15(19)14(12)18)7-10-2-3-11(8-17)21-10/h2-6,8H,7H2,1H3.